The van der Waals surface area contributed by atoms with Crippen LogP contribution in [0, 0.1) is 0 Å². The molecule has 0 spiro atoms. The molecule has 5 nitrogen and oxygen atoms in total. The van der Waals surface area contributed by atoms with Crippen LogP contribution in [0.1, 0.15) is 24.9 Å². The number of pyridine rings is 1. The predicted molar refractivity (Wildman–Crippen MR) is 65.3 cm³/mol. The average molecular weight is 237 g/mol. The van der Waals surface area contributed by atoms with Crippen molar-refractivity contribution in [1.82, 2.24) is 10.3 Å². The fourth-order valence-electron chi connectivity index (χ4n) is 1.49. The van der Waals surface area contributed by atoms with Gasteiger partial charge in [-0.1, -0.05) is 6.07 Å². The van der Waals surface area contributed by atoms with E-state index in [0.29, 0.717) is 6.54 Å². The van der Waals surface area contributed by atoms with Crippen LogP contribution >= 0.6 is 0 Å². The predicted octanol–water partition coefficient (Wildman–Crippen LogP) is 0.623. The number of carbonyl (C=O) groups excluding carboxylic acids is 1. The van der Waals surface area contributed by atoms with E-state index >= 15 is 0 Å². The number of nitrogens with zero attached hydrogens (tertiary/aromatic N) is 1. The molecule has 0 saturated carbocycles. The first-order chi connectivity index (χ1) is 8.17. The van der Waals surface area contributed by atoms with Crippen LogP contribution < -0.4 is 11.1 Å². The molecule has 17 heavy (non-hydrogen) atoms. The lowest BCUT2D eigenvalue weighted by atomic mass is 10.1. The summed E-state index contributed by atoms with van der Waals surface area (Å²) in [6, 6.07) is 3.70. The summed E-state index contributed by atoms with van der Waals surface area (Å²) in [6.07, 6.45) is 3.49. The van der Waals surface area contributed by atoms with Gasteiger partial charge in [-0.3, -0.25) is 9.78 Å². The minimum Gasteiger partial charge on any atom is -0.380 e. The van der Waals surface area contributed by atoms with Crippen LogP contribution in [0.5, 0.6) is 0 Å². The maximum Gasteiger partial charge on any atom is 0.223 e. The van der Waals surface area contributed by atoms with E-state index in [1.807, 2.05) is 19.1 Å². The molecule has 0 aliphatic heterocycles. The number of nitrogens with one attached hydrogen (secondary N) is 1. The van der Waals surface area contributed by atoms with Crippen molar-refractivity contribution in [3.05, 3.63) is 30.1 Å². The summed E-state index contributed by atoms with van der Waals surface area (Å²) in [4.78, 5) is 15.7. The van der Waals surface area contributed by atoms with Crippen molar-refractivity contribution in [3.8, 4) is 0 Å². The maximum atomic E-state index is 11.7. The number of rotatable bonds is 6. The molecule has 2 unspecified atom stereocenters. The van der Waals surface area contributed by atoms with Crippen molar-refractivity contribution in [1.29, 1.82) is 0 Å². The minimum atomic E-state index is -0.226. The molecule has 0 radical (unpaired) electrons. The Balaban J connectivity index is 2.46. The van der Waals surface area contributed by atoms with Crippen LogP contribution in [0.2, 0.25) is 0 Å². The molecule has 0 bridgehead atoms. The molecule has 94 valence electrons. The summed E-state index contributed by atoms with van der Waals surface area (Å²) < 4.78 is 5.06. The summed E-state index contributed by atoms with van der Waals surface area (Å²) >= 11 is 0. The normalized spacial score (nSPS) is 14.1. The van der Waals surface area contributed by atoms with Crippen LogP contribution in [-0.4, -0.2) is 30.6 Å². The van der Waals surface area contributed by atoms with E-state index in [0.717, 1.165) is 5.56 Å². The fourth-order valence-corrected chi connectivity index (χ4v) is 1.49. The van der Waals surface area contributed by atoms with Gasteiger partial charge in [0.05, 0.1) is 18.6 Å². The first-order valence-corrected chi connectivity index (χ1v) is 5.59. The number of carbonyl (C=O) groups is 1. The Morgan fingerprint density at radius 3 is 2.94 bits per heavy atom. The summed E-state index contributed by atoms with van der Waals surface area (Å²) in [7, 11) is 1.55. The monoisotopic (exact) mass is 237 g/mol. The third-order valence-electron chi connectivity index (χ3n) is 2.57. The molecule has 1 aromatic rings. The molecule has 3 N–H and O–H groups in total. The molecule has 0 aliphatic carbocycles. The molecule has 0 saturated heterocycles. The highest BCUT2D eigenvalue weighted by Crippen LogP contribution is 2.10. The topological polar surface area (TPSA) is 77.2 Å². The third-order valence-corrected chi connectivity index (χ3v) is 2.57. The van der Waals surface area contributed by atoms with E-state index in [1.165, 1.54) is 0 Å². The number of nitrogens with two attached hydrogens (primary N) is 1. The molecule has 5 heteroatoms. The molecule has 2 atom stereocenters. The second-order valence-corrected chi connectivity index (χ2v) is 3.87. The molecular weight excluding hydrogens is 218 g/mol. The number of hydrogen-bond donors (Lipinski definition) is 2. The highest BCUT2D eigenvalue weighted by molar-refractivity contribution is 5.76. The van der Waals surface area contributed by atoms with Crippen LogP contribution in [0.3, 0.4) is 0 Å². The van der Waals surface area contributed by atoms with Gasteiger partial charge in [-0.15, -0.1) is 0 Å². The zero-order valence-electron chi connectivity index (χ0n) is 10.2. The standard InChI is InChI=1S/C12H19N3O2/c1-9(10-4-3-5-14-8-10)15-12(16)6-11(7-13)17-2/h3-5,8-9,11H,6-7,13H2,1-2H3,(H,15,16). The molecule has 1 aromatic heterocycles. The van der Waals surface area contributed by atoms with E-state index in [4.69, 9.17) is 10.5 Å². The Bertz CT molecular complexity index is 339. The Morgan fingerprint density at radius 2 is 2.41 bits per heavy atom. The van der Waals surface area contributed by atoms with Gasteiger partial charge in [-0.05, 0) is 18.6 Å². The maximum absolute atomic E-state index is 11.7. The number of ether oxygens (including phenoxy) is 1. The molecule has 1 heterocycles. The van der Waals surface area contributed by atoms with Gasteiger partial charge in [-0.25, -0.2) is 0 Å². The number of aromatic nitrogens is 1. The second-order valence-electron chi connectivity index (χ2n) is 3.87. The first-order valence-electron chi connectivity index (χ1n) is 5.59. The van der Waals surface area contributed by atoms with Gasteiger partial charge < -0.3 is 15.8 Å². The van der Waals surface area contributed by atoms with Crippen molar-refractivity contribution in [3.63, 3.8) is 0 Å². The van der Waals surface area contributed by atoms with Gasteiger partial charge in [0.15, 0.2) is 0 Å². The zero-order chi connectivity index (χ0) is 12.7. The van der Waals surface area contributed by atoms with E-state index in [2.05, 4.69) is 10.3 Å². The average Bonchev–Trinajstić information content (AvgIpc) is 2.37. The summed E-state index contributed by atoms with van der Waals surface area (Å²) in [5.41, 5.74) is 6.43. The van der Waals surface area contributed by atoms with Crippen LogP contribution in [0.25, 0.3) is 0 Å². The zero-order valence-corrected chi connectivity index (χ0v) is 10.2. The molecule has 1 rings (SSSR count). The van der Waals surface area contributed by atoms with Crippen molar-refractivity contribution in [2.24, 2.45) is 5.73 Å². The van der Waals surface area contributed by atoms with Crippen molar-refractivity contribution in [2.45, 2.75) is 25.5 Å². The molecular formula is C12H19N3O2. The molecule has 0 aromatic carbocycles. The lowest BCUT2D eigenvalue weighted by Gasteiger charge is -2.16. The Morgan fingerprint density at radius 1 is 1.65 bits per heavy atom. The molecule has 1 amide bonds. The van der Waals surface area contributed by atoms with Gasteiger partial charge in [0.2, 0.25) is 5.91 Å². The van der Waals surface area contributed by atoms with Gasteiger partial charge in [0.25, 0.3) is 0 Å². The smallest absolute Gasteiger partial charge is 0.223 e. The van der Waals surface area contributed by atoms with Gasteiger partial charge in [0.1, 0.15) is 0 Å². The van der Waals surface area contributed by atoms with Crippen molar-refractivity contribution < 1.29 is 9.53 Å². The van der Waals surface area contributed by atoms with Crippen LogP contribution in [0.4, 0.5) is 0 Å². The molecule has 0 aliphatic rings. The summed E-state index contributed by atoms with van der Waals surface area (Å²) in [6.45, 7) is 2.25. The highest BCUT2D eigenvalue weighted by Gasteiger charge is 2.14. The SMILES string of the molecule is COC(CN)CC(=O)NC(C)c1cccnc1. The Kier molecular flexibility index (Phi) is 5.59. The third kappa shape index (κ3) is 4.50. The second kappa shape index (κ2) is 6.98. The van der Waals surface area contributed by atoms with E-state index in [9.17, 15) is 4.79 Å². The van der Waals surface area contributed by atoms with Gasteiger partial charge >= 0.3 is 0 Å². The van der Waals surface area contributed by atoms with E-state index < -0.39 is 0 Å². The Labute approximate surface area is 101 Å². The molecule has 0 fully saturated rings. The first kappa shape index (κ1) is 13.6. The highest BCUT2D eigenvalue weighted by atomic mass is 16.5. The lowest BCUT2D eigenvalue weighted by molar-refractivity contribution is -0.124. The van der Waals surface area contributed by atoms with E-state index in [-0.39, 0.29) is 24.5 Å². The summed E-state index contributed by atoms with van der Waals surface area (Å²) in [5.74, 6) is -0.0707. The van der Waals surface area contributed by atoms with Crippen molar-refractivity contribution >= 4 is 5.91 Å². The summed E-state index contributed by atoms with van der Waals surface area (Å²) in [5, 5.41) is 2.88. The number of hydrogen-bond acceptors (Lipinski definition) is 4. The van der Waals surface area contributed by atoms with Crippen LogP contribution in [0.15, 0.2) is 24.5 Å². The quantitative estimate of drug-likeness (QED) is 0.760. The number of methoxy groups -OCH3 is 1. The number of amides is 1. The minimum absolute atomic E-state index is 0.0634. The largest absolute Gasteiger partial charge is 0.380 e. The van der Waals surface area contributed by atoms with Gasteiger partial charge in [0, 0.05) is 26.0 Å². The van der Waals surface area contributed by atoms with E-state index in [1.54, 1.807) is 19.5 Å². The van der Waals surface area contributed by atoms with Crippen LogP contribution in [-0.2, 0) is 9.53 Å². The fraction of sp³-hybridized carbons (Fsp3) is 0.500. The Hall–Kier alpha value is -1.46. The lowest BCUT2D eigenvalue weighted by Crippen LogP contribution is -2.33. The van der Waals surface area contributed by atoms with Gasteiger partial charge in [-0.2, -0.15) is 0 Å². The van der Waals surface area contributed by atoms with Crippen molar-refractivity contribution in [2.75, 3.05) is 13.7 Å².